The van der Waals surface area contributed by atoms with E-state index in [9.17, 15) is 4.79 Å². The number of nitrogens with two attached hydrogens (primary N) is 1. The van der Waals surface area contributed by atoms with Gasteiger partial charge in [0.05, 0.1) is 5.69 Å². The third kappa shape index (κ3) is 2.31. The van der Waals surface area contributed by atoms with E-state index in [0.717, 1.165) is 43.1 Å². The summed E-state index contributed by atoms with van der Waals surface area (Å²) < 4.78 is 1.58. The lowest BCUT2D eigenvalue weighted by molar-refractivity contribution is 0.199. The Bertz CT molecular complexity index is 605. The maximum Gasteiger partial charge on any atom is 0.258 e. The van der Waals surface area contributed by atoms with Crippen LogP contribution in [0.1, 0.15) is 18.5 Å². The first-order valence-corrected chi connectivity index (χ1v) is 7.04. The molecule has 1 fully saturated rings. The lowest BCUT2D eigenvalue weighted by atomic mass is 10.1. The zero-order valence-electron chi connectivity index (χ0n) is 10.1. The van der Waals surface area contributed by atoms with Crippen molar-refractivity contribution in [3.63, 3.8) is 0 Å². The zero-order valence-corrected chi connectivity index (χ0v) is 10.9. The van der Waals surface area contributed by atoms with Crippen molar-refractivity contribution in [3.05, 3.63) is 33.7 Å². The number of piperidine rings is 1. The fourth-order valence-corrected chi connectivity index (χ4v) is 3.17. The zero-order chi connectivity index (χ0) is 12.5. The standard InChI is InChI=1S/C12H16N4OS/c13-9-2-1-3-15(7-9)8-10-6-11(17)16-4-5-18-12(16)14-10/h4-6,9H,1-3,7-8,13H2/t9-/m1/s1. The maximum atomic E-state index is 11.9. The minimum Gasteiger partial charge on any atom is -0.327 e. The van der Waals surface area contributed by atoms with E-state index in [0.29, 0.717) is 0 Å². The van der Waals surface area contributed by atoms with Gasteiger partial charge in [-0.25, -0.2) is 4.98 Å². The first-order valence-electron chi connectivity index (χ1n) is 6.16. The second-order valence-electron chi connectivity index (χ2n) is 4.78. The molecule has 18 heavy (non-hydrogen) atoms. The summed E-state index contributed by atoms with van der Waals surface area (Å²) in [5.41, 5.74) is 6.80. The average Bonchev–Trinajstić information content (AvgIpc) is 2.77. The molecule has 0 amide bonds. The minimum absolute atomic E-state index is 0.00226. The summed E-state index contributed by atoms with van der Waals surface area (Å²) in [4.78, 5) is 19.4. The van der Waals surface area contributed by atoms with Crippen molar-refractivity contribution in [2.45, 2.75) is 25.4 Å². The van der Waals surface area contributed by atoms with Gasteiger partial charge in [0.2, 0.25) is 0 Å². The van der Waals surface area contributed by atoms with Gasteiger partial charge in [0.15, 0.2) is 4.96 Å². The van der Waals surface area contributed by atoms with Crippen LogP contribution in [0, 0.1) is 0 Å². The third-order valence-electron chi connectivity index (χ3n) is 3.28. The highest BCUT2D eigenvalue weighted by Gasteiger charge is 2.17. The summed E-state index contributed by atoms with van der Waals surface area (Å²) >= 11 is 1.49. The van der Waals surface area contributed by atoms with Crippen molar-refractivity contribution >= 4 is 16.3 Å². The van der Waals surface area contributed by atoms with Crippen molar-refractivity contribution in [2.24, 2.45) is 5.73 Å². The Kier molecular flexibility index (Phi) is 3.15. The van der Waals surface area contributed by atoms with Crippen molar-refractivity contribution in [3.8, 4) is 0 Å². The van der Waals surface area contributed by atoms with Crippen LogP contribution in [-0.4, -0.2) is 33.4 Å². The SMILES string of the molecule is N[C@@H]1CCCN(Cc2cc(=O)n3ccsc3n2)C1. The van der Waals surface area contributed by atoms with Crippen LogP contribution in [0.15, 0.2) is 22.4 Å². The van der Waals surface area contributed by atoms with Crippen LogP contribution < -0.4 is 11.3 Å². The highest BCUT2D eigenvalue weighted by molar-refractivity contribution is 7.15. The van der Waals surface area contributed by atoms with Crippen LogP contribution in [0.4, 0.5) is 0 Å². The lowest BCUT2D eigenvalue weighted by Gasteiger charge is -2.30. The summed E-state index contributed by atoms with van der Waals surface area (Å²) in [6.07, 6.45) is 3.98. The van der Waals surface area contributed by atoms with Gasteiger partial charge in [-0.3, -0.25) is 14.1 Å². The first kappa shape index (κ1) is 11.8. The van der Waals surface area contributed by atoms with Gasteiger partial charge < -0.3 is 5.73 Å². The topological polar surface area (TPSA) is 63.6 Å². The van der Waals surface area contributed by atoms with Crippen LogP contribution in [0.5, 0.6) is 0 Å². The van der Waals surface area contributed by atoms with Gasteiger partial charge in [-0.1, -0.05) is 0 Å². The predicted molar refractivity (Wildman–Crippen MR) is 71.8 cm³/mol. The Morgan fingerprint density at radius 3 is 3.28 bits per heavy atom. The fourth-order valence-electron chi connectivity index (χ4n) is 2.43. The van der Waals surface area contributed by atoms with E-state index in [1.54, 1.807) is 16.7 Å². The number of rotatable bonds is 2. The molecule has 3 heterocycles. The molecule has 0 saturated carbocycles. The Labute approximate surface area is 109 Å². The number of nitrogens with zero attached hydrogens (tertiary/aromatic N) is 3. The summed E-state index contributed by atoms with van der Waals surface area (Å²) in [5, 5.41) is 1.88. The molecule has 2 N–H and O–H groups in total. The van der Waals surface area contributed by atoms with Crippen molar-refractivity contribution in [2.75, 3.05) is 13.1 Å². The molecule has 96 valence electrons. The molecule has 2 aromatic rings. The fraction of sp³-hybridized carbons (Fsp3) is 0.500. The van der Waals surface area contributed by atoms with E-state index in [4.69, 9.17) is 5.73 Å². The highest BCUT2D eigenvalue weighted by Crippen LogP contribution is 2.12. The second-order valence-corrected chi connectivity index (χ2v) is 5.65. The van der Waals surface area contributed by atoms with E-state index >= 15 is 0 Å². The van der Waals surface area contributed by atoms with E-state index in [1.807, 2.05) is 5.38 Å². The van der Waals surface area contributed by atoms with Gasteiger partial charge in [-0.05, 0) is 19.4 Å². The van der Waals surface area contributed by atoms with E-state index in [2.05, 4.69) is 9.88 Å². The molecule has 0 aliphatic carbocycles. The number of hydrogen-bond donors (Lipinski definition) is 1. The molecule has 3 rings (SSSR count). The Morgan fingerprint density at radius 1 is 1.56 bits per heavy atom. The first-order chi connectivity index (χ1) is 8.72. The molecular weight excluding hydrogens is 248 g/mol. The molecule has 0 radical (unpaired) electrons. The summed E-state index contributed by atoms with van der Waals surface area (Å²) in [6, 6.07) is 1.88. The van der Waals surface area contributed by atoms with Gasteiger partial charge in [0.25, 0.3) is 5.56 Å². The van der Waals surface area contributed by atoms with Crippen LogP contribution >= 0.6 is 11.3 Å². The van der Waals surface area contributed by atoms with E-state index < -0.39 is 0 Å². The molecule has 0 unspecified atom stereocenters. The number of likely N-dealkylation sites (tertiary alicyclic amines) is 1. The molecule has 5 nitrogen and oxygen atoms in total. The summed E-state index contributed by atoms with van der Waals surface area (Å²) in [6.45, 7) is 2.65. The third-order valence-corrected chi connectivity index (χ3v) is 4.04. The number of fused-ring (bicyclic) bond motifs is 1. The van der Waals surface area contributed by atoms with Gasteiger partial charge in [-0.15, -0.1) is 11.3 Å². The van der Waals surface area contributed by atoms with Crippen molar-refractivity contribution in [1.29, 1.82) is 0 Å². The van der Waals surface area contributed by atoms with Crippen molar-refractivity contribution < 1.29 is 0 Å². The largest absolute Gasteiger partial charge is 0.327 e. The monoisotopic (exact) mass is 264 g/mol. The lowest BCUT2D eigenvalue weighted by Crippen LogP contribution is -2.42. The molecule has 6 heteroatoms. The minimum atomic E-state index is -0.00226. The predicted octanol–water partition coefficient (Wildman–Crippen LogP) is 0.679. The van der Waals surface area contributed by atoms with Gasteiger partial charge in [-0.2, -0.15) is 0 Å². The quantitative estimate of drug-likeness (QED) is 0.866. The second kappa shape index (κ2) is 4.79. The molecule has 1 atom stereocenters. The van der Waals surface area contributed by atoms with Crippen LogP contribution in [0.25, 0.3) is 4.96 Å². The molecule has 1 aliphatic heterocycles. The number of hydrogen-bond acceptors (Lipinski definition) is 5. The smallest absolute Gasteiger partial charge is 0.258 e. The van der Waals surface area contributed by atoms with Gasteiger partial charge in [0.1, 0.15) is 0 Å². The van der Waals surface area contributed by atoms with Gasteiger partial charge >= 0.3 is 0 Å². The molecule has 2 aromatic heterocycles. The average molecular weight is 264 g/mol. The normalized spacial score (nSPS) is 21.5. The Hall–Kier alpha value is -1.24. The van der Waals surface area contributed by atoms with Crippen molar-refractivity contribution in [1.82, 2.24) is 14.3 Å². The molecular formula is C12H16N4OS. The molecule has 0 aromatic carbocycles. The molecule has 0 spiro atoms. The molecule has 1 saturated heterocycles. The van der Waals surface area contributed by atoms with Crippen LogP contribution in [0.3, 0.4) is 0 Å². The molecule has 0 bridgehead atoms. The highest BCUT2D eigenvalue weighted by atomic mass is 32.1. The summed E-state index contributed by atoms with van der Waals surface area (Å²) in [7, 11) is 0. The number of aromatic nitrogens is 2. The van der Waals surface area contributed by atoms with Crippen LogP contribution in [0.2, 0.25) is 0 Å². The van der Waals surface area contributed by atoms with E-state index in [-0.39, 0.29) is 11.6 Å². The maximum absolute atomic E-state index is 11.9. The van der Waals surface area contributed by atoms with E-state index in [1.165, 1.54) is 11.3 Å². The Morgan fingerprint density at radius 2 is 2.44 bits per heavy atom. The molecule has 1 aliphatic rings. The van der Waals surface area contributed by atoms with Gasteiger partial charge in [0, 0.05) is 36.8 Å². The number of thiazole rings is 1. The Balaban J connectivity index is 1.83. The summed E-state index contributed by atoms with van der Waals surface area (Å²) in [5.74, 6) is 0. The van der Waals surface area contributed by atoms with Crippen LogP contribution in [-0.2, 0) is 6.54 Å².